The van der Waals surface area contributed by atoms with Gasteiger partial charge < -0.3 is 15.2 Å². The van der Waals surface area contributed by atoms with Gasteiger partial charge in [0.15, 0.2) is 11.5 Å². The fourth-order valence-electron chi connectivity index (χ4n) is 2.74. The number of rotatable bonds is 5. The van der Waals surface area contributed by atoms with E-state index in [1.165, 1.54) is 19.2 Å². The number of hydrogen-bond donors (Lipinski definition) is 2. The van der Waals surface area contributed by atoms with Crippen molar-refractivity contribution in [2.24, 2.45) is 0 Å². The quantitative estimate of drug-likeness (QED) is 0.474. The van der Waals surface area contributed by atoms with Gasteiger partial charge in [0.05, 0.1) is 14.2 Å². The first kappa shape index (κ1) is 17.9. The van der Waals surface area contributed by atoms with Gasteiger partial charge in [0.1, 0.15) is 11.4 Å². The minimum Gasteiger partial charge on any atom is -0.493 e. The Hall–Kier alpha value is -2.93. The molecule has 0 radical (unpaired) electrons. The average molecular weight is 376 g/mol. The van der Waals surface area contributed by atoms with Gasteiger partial charge in [-0.1, -0.05) is 6.07 Å². The fraction of sp³-hybridized carbons (Fsp3) is 0.222. The first-order valence-corrected chi connectivity index (χ1v) is 8.25. The van der Waals surface area contributed by atoms with Gasteiger partial charge in [0.25, 0.3) is 11.8 Å². The van der Waals surface area contributed by atoms with Crippen molar-refractivity contribution in [3.63, 3.8) is 0 Å². The van der Waals surface area contributed by atoms with Crippen LogP contribution in [0.3, 0.4) is 0 Å². The monoisotopic (exact) mass is 375 g/mol. The highest BCUT2D eigenvalue weighted by atomic mass is 35.5. The molecule has 8 heteroatoms. The van der Waals surface area contributed by atoms with Crippen LogP contribution in [0.25, 0.3) is 0 Å². The first-order valence-electron chi connectivity index (χ1n) is 7.82. The first-order chi connectivity index (χ1) is 12.5. The van der Waals surface area contributed by atoms with Crippen molar-refractivity contribution >= 4 is 29.1 Å². The molecule has 2 aromatic rings. The van der Waals surface area contributed by atoms with Gasteiger partial charge in [0.2, 0.25) is 0 Å². The Morgan fingerprint density at radius 2 is 1.77 bits per heavy atom. The maximum absolute atomic E-state index is 12.4. The number of methoxy groups -OCH3 is 2. The normalized spacial score (nSPS) is 18.9. The molecule has 1 heterocycles. The standard InChI is InChI=1S/C18H18ClN3O4/c1-25-13-8-5-11(9-14(13)26-2)16-15(19)18(24)22(16)21-17(23)10-3-6-12(20)7-4-10/h3-9,15-16H,20H2,1-2H3,(H,21,23)/t15-,16+/m1/s1. The van der Waals surface area contributed by atoms with E-state index in [0.717, 1.165) is 5.56 Å². The second kappa shape index (κ2) is 7.13. The molecule has 1 aliphatic heterocycles. The van der Waals surface area contributed by atoms with E-state index in [1.807, 2.05) is 0 Å². The molecule has 0 saturated carbocycles. The number of hydrazine groups is 1. The summed E-state index contributed by atoms with van der Waals surface area (Å²) in [6, 6.07) is 11.1. The molecule has 2 atom stereocenters. The van der Waals surface area contributed by atoms with Gasteiger partial charge in [-0.05, 0) is 42.0 Å². The number of nitrogens with zero attached hydrogens (tertiary/aromatic N) is 1. The Bertz CT molecular complexity index is 841. The number of ether oxygens (including phenoxy) is 2. The van der Waals surface area contributed by atoms with Crippen molar-refractivity contribution < 1.29 is 19.1 Å². The Balaban J connectivity index is 1.82. The van der Waals surface area contributed by atoms with Crippen molar-refractivity contribution in [3.8, 4) is 11.5 Å². The van der Waals surface area contributed by atoms with Crippen LogP contribution in [0.5, 0.6) is 11.5 Å². The van der Waals surface area contributed by atoms with Crippen LogP contribution < -0.4 is 20.6 Å². The van der Waals surface area contributed by atoms with Crippen molar-refractivity contribution in [1.82, 2.24) is 10.4 Å². The maximum atomic E-state index is 12.4. The summed E-state index contributed by atoms with van der Waals surface area (Å²) in [6.45, 7) is 0. The van der Waals surface area contributed by atoms with Crippen LogP contribution >= 0.6 is 11.6 Å². The summed E-state index contributed by atoms with van der Waals surface area (Å²) in [4.78, 5) is 24.5. The van der Waals surface area contributed by atoms with Gasteiger partial charge >= 0.3 is 0 Å². The summed E-state index contributed by atoms with van der Waals surface area (Å²) in [5, 5.41) is 0.442. The third-order valence-corrected chi connectivity index (χ3v) is 4.60. The Labute approximate surface area is 155 Å². The predicted octanol–water partition coefficient (Wildman–Crippen LogP) is 2.12. The second-order valence-corrected chi connectivity index (χ2v) is 6.20. The summed E-state index contributed by atoms with van der Waals surface area (Å²) >= 11 is 6.18. The van der Waals surface area contributed by atoms with Gasteiger partial charge in [-0.3, -0.25) is 15.0 Å². The van der Waals surface area contributed by atoms with E-state index in [-0.39, 0.29) is 5.91 Å². The van der Waals surface area contributed by atoms with Crippen LogP contribution in [0.15, 0.2) is 42.5 Å². The van der Waals surface area contributed by atoms with E-state index < -0.39 is 17.3 Å². The topological polar surface area (TPSA) is 93.9 Å². The molecule has 1 aliphatic rings. The molecule has 1 saturated heterocycles. The third-order valence-electron chi connectivity index (χ3n) is 4.17. The van der Waals surface area contributed by atoms with Crippen molar-refractivity contribution in [2.45, 2.75) is 11.4 Å². The molecule has 3 N–H and O–H groups in total. The Morgan fingerprint density at radius 3 is 2.38 bits per heavy atom. The van der Waals surface area contributed by atoms with Crippen molar-refractivity contribution in [1.29, 1.82) is 0 Å². The second-order valence-electron chi connectivity index (χ2n) is 5.73. The van der Waals surface area contributed by atoms with Gasteiger partial charge in [-0.25, -0.2) is 5.01 Å². The van der Waals surface area contributed by atoms with Crippen LogP contribution in [0.1, 0.15) is 22.0 Å². The maximum Gasteiger partial charge on any atom is 0.269 e. The molecule has 0 bridgehead atoms. The van der Waals surface area contributed by atoms with Crippen LogP contribution in [0.2, 0.25) is 0 Å². The molecule has 3 rings (SSSR count). The third kappa shape index (κ3) is 3.13. The number of halogens is 1. The van der Waals surface area contributed by atoms with Gasteiger partial charge in [-0.2, -0.15) is 0 Å². The molecule has 0 unspecified atom stereocenters. The minimum absolute atomic E-state index is 0.379. The molecular weight excluding hydrogens is 358 g/mol. The van der Waals surface area contributed by atoms with E-state index in [9.17, 15) is 9.59 Å². The van der Waals surface area contributed by atoms with Gasteiger partial charge in [0, 0.05) is 11.3 Å². The summed E-state index contributed by atoms with van der Waals surface area (Å²) in [5.41, 5.74) is 9.87. The fourth-order valence-corrected chi connectivity index (χ4v) is 3.10. The molecular formula is C18H18ClN3O4. The minimum atomic E-state index is -0.778. The van der Waals surface area contributed by atoms with Crippen LogP contribution in [-0.2, 0) is 4.79 Å². The van der Waals surface area contributed by atoms with E-state index in [4.69, 9.17) is 26.8 Å². The predicted molar refractivity (Wildman–Crippen MR) is 97.1 cm³/mol. The zero-order valence-corrected chi connectivity index (χ0v) is 15.0. The summed E-state index contributed by atoms with van der Waals surface area (Å²) in [6.07, 6.45) is 0. The number of hydrogen-bond acceptors (Lipinski definition) is 5. The summed E-state index contributed by atoms with van der Waals surface area (Å²) in [5.74, 6) is 0.270. The molecule has 0 aliphatic carbocycles. The number of alkyl halides is 1. The molecule has 0 aromatic heterocycles. The van der Waals surface area contributed by atoms with Crippen LogP contribution in [0.4, 0.5) is 5.69 Å². The largest absolute Gasteiger partial charge is 0.493 e. The lowest BCUT2D eigenvalue weighted by Crippen LogP contribution is -2.63. The van der Waals surface area contributed by atoms with Crippen molar-refractivity contribution in [3.05, 3.63) is 53.6 Å². The summed E-state index contributed by atoms with van der Waals surface area (Å²) in [7, 11) is 3.06. The number of anilines is 1. The Kier molecular flexibility index (Phi) is 4.90. The van der Waals surface area contributed by atoms with Crippen molar-refractivity contribution in [2.75, 3.05) is 20.0 Å². The van der Waals surface area contributed by atoms with Crippen LogP contribution in [0, 0.1) is 0 Å². The number of carbonyl (C=O) groups excluding carboxylic acids is 2. The number of β-lactam (4-membered cyclic amide) rings is 1. The highest BCUT2D eigenvalue weighted by molar-refractivity contribution is 6.33. The molecule has 0 spiro atoms. The lowest BCUT2D eigenvalue weighted by Gasteiger charge is -2.44. The number of amides is 2. The lowest BCUT2D eigenvalue weighted by atomic mass is 9.95. The number of nitrogens with one attached hydrogen (secondary N) is 1. The number of carbonyl (C=O) groups is 2. The molecule has 26 heavy (non-hydrogen) atoms. The zero-order chi connectivity index (χ0) is 18.8. The average Bonchev–Trinajstić information content (AvgIpc) is 2.67. The van der Waals surface area contributed by atoms with E-state index in [2.05, 4.69) is 5.43 Å². The van der Waals surface area contributed by atoms with E-state index in [1.54, 1.807) is 42.5 Å². The number of benzene rings is 2. The molecule has 7 nitrogen and oxygen atoms in total. The Morgan fingerprint density at radius 1 is 1.12 bits per heavy atom. The zero-order valence-electron chi connectivity index (χ0n) is 14.2. The number of nitrogens with two attached hydrogens (primary N) is 1. The van der Waals surface area contributed by atoms with E-state index in [0.29, 0.717) is 22.7 Å². The molecule has 136 valence electrons. The smallest absolute Gasteiger partial charge is 0.269 e. The van der Waals surface area contributed by atoms with Gasteiger partial charge in [-0.15, -0.1) is 11.6 Å². The molecule has 2 amide bonds. The highest BCUT2D eigenvalue weighted by Gasteiger charge is 2.48. The SMILES string of the molecule is COc1ccc([C@H]2[C@@H](Cl)C(=O)N2NC(=O)c2ccc(N)cc2)cc1OC. The lowest BCUT2D eigenvalue weighted by molar-refractivity contribution is -0.149. The van der Waals surface area contributed by atoms with E-state index >= 15 is 0 Å². The molecule has 2 aromatic carbocycles. The number of nitrogen functional groups attached to an aromatic ring is 1. The highest BCUT2D eigenvalue weighted by Crippen LogP contribution is 2.40. The molecule has 1 fully saturated rings. The van der Waals surface area contributed by atoms with Crippen LogP contribution in [-0.4, -0.2) is 36.4 Å². The summed E-state index contributed by atoms with van der Waals surface area (Å²) < 4.78 is 10.5.